The molecule has 1 fully saturated rings. The van der Waals surface area contributed by atoms with Crippen LogP contribution in [0.5, 0.6) is 11.5 Å². The minimum Gasteiger partial charge on any atom is -0.503 e. The molecule has 3 N–H and O–H groups in total. The molecule has 1 heterocycles. The maximum Gasteiger partial charge on any atom is 0.243 e. The fourth-order valence-electron chi connectivity index (χ4n) is 2.17. The number of carbonyl (C=O) groups excluding carboxylic acids is 1. The van der Waals surface area contributed by atoms with E-state index in [0.29, 0.717) is 15.8 Å². The van der Waals surface area contributed by atoms with Crippen LogP contribution in [-0.4, -0.2) is 37.4 Å². The number of ether oxygens (including phenoxy) is 1. The number of aromatic hydroxyl groups is 1. The number of hydrogen-bond acceptors (Lipinski definition) is 5. The van der Waals surface area contributed by atoms with Crippen LogP contribution in [0.3, 0.4) is 0 Å². The van der Waals surface area contributed by atoms with Crippen molar-refractivity contribution in [3.63, 3.8) is 0 Å². The van der Waals surface area contributed by atoms with Crippen LogP contribution >= 0.6 is 15.9 Å². The summed E-state index contributed by atoms with van der Waals surface area (Å²) in [6.07, 6.45) is 3.19. The number of nitrogens with one attached hydrogen (secondary N) is 2. The molecule has 0 atom stereocenters. The van der Waals surface area contributed by atoms with E-state index in [1.165, 1.54) is 13.3 Å². The zero-order chi connectivity index (χ0) is 15.2. The zero-order valence-electron chi connectivity index (χ0n) is 11.7. The Hall–Kier alpha value is -1.60. The topological polar surface area (TPSA) is 83.0 Å². The van der Waals surface area contributed by atoms with Crippen molar-refractivity contribution < 1.29 is 14.6 Å². The molecule has 2 rings (SSSR count). The summed E-state index contributed by atoms with van der Waals surface area (Å²) in [5, 5.41) is 16.9. The molecule has 0 spiro atoms. The molecule has 0 radical (unpaired) electrons. The Balaban J connectivity index is 1.97. The van der Waals surface area contributed by atoms with E-state index in [4.69, 9.17) is 4.74 Å². The van der Waals surface area contributed by atoms with Crippen LogP contribution in [0.1, 0.15) is 18.4 Å². The summed E-state index contributed by atoms with van der Waals surface area (Å²) >= 11 is 3.24. The Morgan fingerprint density at radius 1 is 1.52 bits per heavy atom. The Kier molecular flexibility index (Phi) is 5.58. The minimum absolute atomic E-state index is 0.0180. The molecule has 0 aromatic heterocycles. The third-order valence-electron chi connectivity index (χ3n) is 3.37. The highest BCUT2D eigenvalue weighted by molar-refractivity contribution is 9.10. The van der Waals surface area contributed by atoms with Crippen LogP contribution in [0.15, 0.2) is 21.7 Å². The van der Waals surface area contributed by atoms with Gasteiger partial charge in [-0.3, -0.25) is 4.79 Å². The summed E-state index contributed by atoms with van der Waals surface area (Å²) in [5.41, 5.74) is 3.27. The fourth-order valence-corrected chi connectivity index (χ4v) is 2.63. The van der Waals surface area contributed by atoms with Crippen molar-refractivity contribution in [2.24, 2.45) is 11.0 Å². The summed E-state index contributed by atoms with van der Waals surface area (Å²) in [6.45, 7) is 1.73. The SMILES string of the molecule is COc1cc(/C=N/NC(=O)C2CCNCC2)cc(Br)c1O. The molecular weight excluding hydrogens is 338 g/mol. The van der Waals surface area contributed by atoms with Gasteiger partial charge < -0.3 is 15.2 Å². The second kappa shape index (κ2) is 7.42. The van der Waals surface area contributed by atoms with Crippen molar-refractivity contribution in [3.8, 4) is 11.5 Å². The van der Waals surface area contributed by atoms with Crippen LogP contribution in [0.4, 0.5) is 0 Å². The molecule has 0 bridgehead atoms. The quantitative estimate of drug-likeness (QED) is 0.566. The lowest BCUT2D eigenvalue weighted by Crippen LogP contribution is -2.36. The van der Waals surface area contributed by atoms with E-state index < -0.39 is 0 Å². The molecule has 114 valence electrons. The summed E-state index contributed by atoms with van der Waals surface area (Å²) in [4.78, 5) is 11.9. The lowest BCUT2D eigenvalue weighted by molar-refractivity contribution is -0.125. The number of benzene rings is 1. The van der Waals surface area contributed by atoms with E-state index in [2.05, 4.69) is 31.8 Å². The molecule has 6 nitrogen and oxygen atoms in total. The maximum absolute atomic E-state index is 11.9. The molecule has 0 aliphatic carbocycles. The molecule has 1 aromatic rings. The number of hydrazone groups is 1. The first kappa shape index (κ1) is 15.8. The first-order valence-corrected chi connectivity index (χ1v) is 7.51. The first-order chi connectivity index (χ1) is 10.1. The summed E-state index contributed by atoms with van der Waals surface area (Å²) < 4.78 is 5.56. The minimum atomic E-state index is -0.0578. The summed E-state index contributed by atoms with van der Waals surface area (Å²) in [7, 11) is 1.47. The lowest BCUT2D eigenvalue weighted by Gasteiger charge is -2.20. The molecular formula is C14H18BrN3O3. The number of rotatable bonds is 4. The second-order valence-electron chi connectivity index (χ2n) is 4.81. The largest absolute Gasteiger partial charge is 0.503 e. The van der Waals surface area contributed by atoms with Crippen molar-refractivity contribution in [1.29, 1.82) is 0 Å². The predicted molar refractivity (Wildman–Crippen MR) is 83.7 cm³/mol. The lowest BCUT2D eigenvalue weighted by atomic mass is 9.98. The average molecular weight is 356 g/mol. The highest BCUT2D eigenvalue weighted by Crippen LogP contribution is 2.34. The monoisotopic (exact) mass is 355 g/mol. The average Bonchev–Trinajstić information content (AvgIpc) is 2.51. The maximum atomic E-state index is 11.9. The smallest absolute Gasteiger partial charge is 0.243 e. The molecule has 1 aliphatic heterocycles. The van der Waals surface area contributed by atoms with Gasteiger partial charge in [0.15, 0.2) is 11.5 Å². The van der Waals surface area contributed by atoms with E-state index in [1.807, 2.05) is 0 Å². The molecule has 1 aliphatic rings. The zero-order valence-corrected chi connectivity index (χ0v) is 13.3. The van der Waals surface area contributed by atoms with Gasteiger partial charge in [0.05, 0.1) is 17.8 Å². The van der Waals surface area contributed by atoms with Gasteiger partial charge in [0.2, 0.25) is 5.91 Å². The van der Waals surface area contributed by atoms with Gasteiger partial charge in [-0.15, -0.1) is 0 Å². The first-order valence-electron chi connectivity index (χ1n) is 6.72. The van der Waals surface area contributed by atoms with Gasteiger partial charge in [0, 0.05) is 5.92 Å². The molecule has 0 saturated carbocycles. The Morgan fingerprint density at radius 3 is 2.90 bits per heavy atom. The van der Waals surface area contributed by atoms with Crippen molar-refractivity contribution in [3.05, 3.63) is 22.2 Å². The van der Waals surface area contributed by atoms with Gasteiger partial charge in [-0.25, -0.2) is 5.43 Å². The molecule has 1 saturated heterocycles. The molecule has 21 heavy (non-hydrogen) atoms. The van der Waals surface area contributed by atoms with Crippen molar-refractivity contribution in [1.82, 2.24) is 10.7 Å². The molecule has 1 amide bonds. The fraction of sp³-hybridized carbons (Fsp3) is 0.429. The number of piperidine rings is 1. The van der Waals surface area contributed by atoms with Crippen molar-refractivity contribution in [2.45, 2.75) is 12.8 Å². The number of methoxy groups -OCH3 is 1. The molecule has 7 heteroatoms. The van der Waals surface area contributed by atoms with E-state index in [9.17, 15) is 9.90 Å². The van der Waals surface area contributed by atoms with Crippen LogP contribution in [0, 0.1) is 5.92 Å². The van der Waals surface area contributed by atoms with Crippen LogP contribution in [0.25, 0.3) is 0 Å². The van der Waals surface area contributed by atoms with Crippen molar-refractivity contribution in [2.75, 3.05) is 20.2 Å². The third-order valence-corrected chi connectivity index (χ3v) is 3.97. The van der Waals surface area contributed by atoms with Gasteiger partial charge in [-0.1, -0.05) is 0 Å². The Labute approximate surface area is 131 Å². The number of carbonyl (C=O) groups is 1. The third kappa shape index (κ3) is 4.18. The van der Waals surface area contributed by atoms with E-state index >= 15 is 0 Å². The normalized spacial score (nSPS) is 16.1. The molecule has 1 aromatic carbocycles. The highest BCUT2D eigenvalue weighted by Gasteiger charge is 2.20. The highest BCUT2D eigenvalue weighted by atomic mass is 79.9. The van der Waals surface area contributed by atoms with Crippen molar-refractivity contribution >= 4 is 28.1 Å². The number of halogens is 1. The number of nitrogens with zero attached hydrogens (tertiary/aromatic N) is 1. The summed E-state index contributed by atoms with van der Waals surface area (Å²) in [6, 6.07) is 3.33. The van der Waals surface area contributed by atoms with E-state index in [-0.39, 0.29) is 17.6 Å². The Morgan fingerprint density at radius 2 is 2.24 bits per heavy atom. The predicted octanol–water partition coefficient (Wildman–Crippen LogP) is 1.61. The Bertz CT molecular complexity index is 543. The van der Waals surface area contributed by atoms with E-state index in [0.717, 1.165) is 25.9 Å². The van der Waals surface area contributed by atoms with Gasteiger partial charge in [0.1, 0.15) is 0 Å². The number of amides is 1. The van der Waals surface area contributed by atoms with Crippen LogP contribution in [-0.2, 0) is 4.79 Å². The standard InChI is InChI=1S/C14H18BrN3O3/c1-21-12-7-9(6-11(15)13(12)19)8-17-18-14(20)10-2-4-16-5-3-10/h6-8,10,16,19H,2-5H2,1H3,(H,18,20)/b17-8+. The number of hydrogen-bond donors (Lipinski definition) is 3. The summed E-state index contributed by atoms with van der Waals surface area (Å²) in [5.74, 6) is 0.339. The number of phenols is 1. The van der Waals surface area contributed by atoms with Gasteiger partial charge in [-0.05, 0) is 59.6 Å². The van der Waals surface area contributed by atoms with Crippen LogP contribution in [0.2, 0.25) is 0 Å². The van der Waals surface area contributed by atoms with Crippen LogP contribution < -0.4 is 15.5 Å². The van der Waals surface area contributed by atoms with Gasteiger partial charge in [-0.2, -0.15) is 5.10 Å². The van der Waals surface area contributed by atoms with Gasteiger partial charge in [0.25, 0.3) is 0 Å². The molecule has 0 unspecified atom stereocenters. The second-order valence-corrected chi connectivity index (χ2v) is 5.67. The van der Waals surface area contributed by atoms with Gasteiger partial charge >= 0.3 is 0 Å². The number of phenolic OH excluding ortho intramolecular Hbond substituents is 1. The van der Waals surface area contributed by atoms with E-state index in [1.54, 1.807) is 12.1 Å².